The zero-order chi connectivity index (χ0) is 15.5. The summed E-state index contributed by atoms with van der Waals surface area (Å²) in [5.74, 6) is -0.862. The summed E-state index contributed by atoms with van der Waals surface area (Å²) >= 11 is 0. The van der Waals surface area contributed by atoms with E-state index in [1.165, 1.54) is 18.2 Å². The van der Waals surface area contributed by atoms with Crippen molar-refractivity contribution in [3.05, 3.63) is 29.6 Å². The van der Waals surface area contributed by atoms with E-state index >= 15 is 0 Å². The molecular formula is C14H18FN3O3. The number of aryl methyl sites for hydroxylation is 1. The molecule has 1 aliphatic rings. The molecule has 0 aromatic heterocycles. The molecule has 21 heavy (non-hydrogen) atoms. The maximum atomic E-state index is 13.2. The molecule has 0 saturated carbocycles. The fourth-order valence-electron chi connectivity index (χ4n) is 2.39. The number of benzene rings is 1. The second-order valence-electron chi connectivity index (χ2n) is 5.10. The number of rotatable bonds is 3. The van der Waals surface area contributed by atoms with Crippen LogP contribution in [0, 0.1) is 18.2 Å². The highest BCUT2D eigenvalue weighted by Gasteiger charge is 2.44. The van der Waals surface area contributed by atoms with Crippen LogP contribution >= 0.6 is 0 Å². The van der Waals surface area contributed by atoms with Crippen LogP contribution in [0.15, 0.2) is 23.4 Å². The molecule has 114 valence electrons. The summed E-state index contributed by atoms with van der Waals surface area (Å²) in [6.07, 6.45) is 0.657. The lowest BCUT2D eigenvalue weighted by Gasteiger charge is -2.34. The molecule has 1 fully saturated rings. The van der Waals surface area contributed by atoms with Gasteiger partial charge in [-0.25, -0.2) is 4.39 Å². The number of carbonyl (C=O) groups is 1. The largest absolute Gasteiger partial charge is 0.409 e. The Balaban J connectivity index is 2.24. The number of ether oxygens (including phenoxy) is 1. The van der Waals surface area contributed by atoms with Gasteiger partial charge in [-0.3, -0.25) is 4.79 Å². The maximum Gasteiger partial charge on any atom is 0.238 e. The molecule has 0 unspecified atom stereocenters. The smallest absolute Gasteiger partial charge is 0.238 e. The summed E-state index contributed by atoms with van der Waals surface area (Å²) in [4.78, 5) is 12.6. The Bertz CT molecular complexity index is 569. The summed E-state index contributed by atoms with van der Waals surface area (Å²) in [5.41, 5.74) is 5.51. The number of anilines is 1. The van der Waals surface area contributed by atoms with Crippen molar-refractivity contribution in [2.45, 2.75) is 19.8 Å². The molecule has 7 heteroatoms. The molecule has 0 bridgehead atoms. The van der Waals surface area contributed by atoms with Crippen LogP contribution in [0.25, 0.3) is 0 Å². The summed E-state index contributed by atoms with van der Waals surface area (Å²) in [6.45, 7) is 2.32. The molecule has 0 atom stereocenters. The van der Waals surface area contributed by atoms with Crippen molar-refractivity contribution in [2.75, 3.05) is 18.5 Å². The zero-order valence-electron chi connectivity index (χ0n) is 11.7. The van der Waals surface area contributed by atoms with E-state index in [0.717, 1.165) is 0 Å². The lowest BCUT2D eigenvalue weighted by atomic mass is 9.78. The molecule has 1 aromatic carbocycles. The van der Waals surface area contributed by atoms with E-state index in [2.05, 4.69) is 10.5 Å². The number of nitrogens with one attached hydrogen (secondary N) is 1. The third kappa shape index (κ3) is 2.97. The molecule has 1 saturated heterocycles. The van der Waals surface area contributed by atoms with E-state index in [1.807, 2.05) is 0 Å². The predicted molar refractivity (Wildman–Crippen MR) is 75.7 cm³/mol. The Hall–Kier alpha value is -2.15. The summed E-state index contributed by atoms with van der Waals surface area (Å²) < 4.78 is 18.5. The number of oxime groups is 1. The van der Waals surface area contributed by atoms with Crippen molar-refractivity contribution in [2.24, 2.45) is 16.3 Å². The van der Waals surface area contributed by atoms with Crippen LogP contribution < -0.4 is 11.1 Å². The van der Waals surface area contributed by atoms with Gasteiger partial charge in [0.25, 0.3) is 0 Å². The van der Waals surface area contributed by atoms with E-state index in [9.17, 15) is 9.18 Å². The first-order valence-electron chi connectivity index (χ1n) is 6.63. The fraction of sp³-hybridized carbons (Fsp3) is 0.429. The summed E-state index contributed by atoms with van der Waals surface area (Å²) in [7, 11) is 0. The van der Waals surface area contributed by atoms with Crippen LogP contribution in [-0.2, 0) is 9.53 Å². The van der Waals surface area contributed by atoms with Crippen LogP contribution in [0.1, 0.15) is 18.4 Å². The highest BCUT2D eigenvalue weighted by Crippen LogP contribution is 2.32. The Morgan fingerprint density at radius 2 is 2.14 bits per heavy atom. The number of hydrogen-bond acceptors (Lipinski definition) is 4. The first kappa shape index (κ1) is 15.2. The minimum absolute atomic E-state index is 0.137. The molecule has 0 radical (unpaired) electrons. The number of nitrogens with two attached hydrogens (primary N) is 1. The third-order valence-electron chi connectivity index (χ3n) is 3.79. The van der Waals surface area contributed by atoms with Gasteiger partial charge < -0.3 is 21.0 Å². The predicted octanol–water partition coefficient (Wildman–Crippen LogP) is 1.62. The van der Waals surface area contributed by atoms with Crippen LogP contribution in [0.5, 0.6) is 0 Å². The van der Waals surface area contributed by atoms with E-state index in [4.69, 9.17) is 15.7 Å². The summed E-state index contributed by atoms with van der Waals surface area (Å²) in [6, 6.07) is 4.29. The normalized spacial score (nSPS) is 18.3. The number of carbonyl (C=O) groups excluding carboxylic acids is 1. The van der Waals surface area contributed by atoms with Crippen molar-refractivity contribution in [1.82, 2.24) is 0 Å². The Kier molecular flexibility index (Phi) is 4.42. The second kappa shape index (κ2) is 6.09. The van der Waals surface area contributed by atoms with Crippen LogP contribution in [0.2, 0.25) is 0 Å². The molecule has 1 heterocycles. The van der Waals surface area contributed by atoms with Gasteiger partial charge in [0.05, 0.1) is 0 Å². The van der Waals surface area contributed by atoms with Crippen molar-refractivity contribution in [3.63, 3.8) is 0 Å². The van der Waals surface area contributed by atoms with Gasteiger partial charge in [-0.05, 0) is 43.5 Å². The van der Waals surface area contributed by atoms with Gasteiger partial charge >= 0.3 is 0 Å². The minimum Gasteiger partial charge on any atom is -0.409 e. The zero-order valence-corrected chi connectivity index (χ0v) is 11.7. The molecule has 2 rings (SSSR count). The molecule has 4 N–H and O–H groups in total. The number of amidine groups is 1. The molecule has 1 aliphatic heterocycles. The summed E-state index contributed by atoms with van der Waals surface area (Å²) in [5, 5.41) is 14.6. The van der Waals surface area contributed by atoms with Crippen LogP contribution in [0.3, 0.4) is 0 Å². The first-order valence-corrected chi connectivity index (χ1v) is 6.63. The van der Waals surface area contributed by atoms with Crippen molar-refractivity contribution < 1.29 is 19.1 Å². The average Bonchev–Trinajstić information content (AvgIpc) is 2.50. The molecule has 1 amide bonds. The number of halogens is 1. The number of nitrogens with zero attached hydrogens (tertiary/aromatic N) is 1. The van der Waals surface area contributed by atoms with Gasteiger partial charge in [0, 0.05) is 18.9 Å². The second-order valence-corrected chi connectivity index (χ2v) is 5.10. The quantitative estimate of drug-likeness (QED) is 0.341. The first-order chi connectivity index (χ1) is 9.99. The minimum atomic E-state index is -1.10. The maximum absolute atomic E-state index is 13.2. The van der Waals surface area contributed by atoms with Crippen LogP contribution in [-0.4, -0.2) is 30.2 Å². The van der Waals surface area contributed by atoms with Crippen molar-refractivity contribution in [1.29, 1.82) is 0 Å². The molecule has 0 spiro atoms. The Morgan fingerprint density at radius 1 is 1.48 bits per heavy atom. The molecule has 1 aromatic rings. The van der Waals surface area contributed by atoms with Gasteiger partial charge in [0.1, 0.15) is 11.2 Å². The number of amides is 1. The highest BCUT2D eigenvalue weighted by molar-refractivity contribution is 6.12. The lowest BCUT2D eigenvalue weighted by Crippen LogP contribution is -2.50. The van der Waals surface area contributed by atoms with E-state index < -0.39 is 5.41 Å². The fourth-order valence-corrected chi connectivity index (χ4v) is 2.39. The van der Waals surface area contributed by atoms with Crippen LogP contribution in [0.4, 0.5) is 10.1 Å². The van der Waals surface area contributed by atoms with Gasteiger partial charge in [0.2, 0.25) is 5.91 Å². The topological polar surface area (TPSA) is 96.9 Å². The SMILES string of the molecule is Cc1cc(NC(=O)C2(C(N)=NO)CCOCC2)ccc1F. The molecule has 6 nitrogen and oxygen atoms in total. The average molecular weight is 295 g/mol. The third-order valence-corrected chi connectivity index (χ3v) is 3.79. The standard InChI is InChI=1S/C14H18FN3O3/c1-9-8-10(2-3-11(9)15)17-13(19)14(12(16)18-20)4-6-21-7-5-14/h2-3,8,20H,4-7H2,1H3,(H2,16,18)(H,17,19). The van der Waals surface area contributed by atoms with Gasteiger partial charge in [-0.2, -0.15) is 0 Å². The van der Waals surface area contributed by atoms with Gasteiger partial charge in [0.15, 0.2) is 5.84 Å². The van der Waals surface area contributed by atoms with Gasteiger partial charge in [-0.15, -0.1) is 0 Å². The van der Waals surface area contributed by atoms with E-state index in [0.29, 0.717) is 37.3 Å². The van der Waals surface area contributed by atoms with E-state index in [-0.39, 0.29) is 17.6 Å². The molecular weight excluding hydrogens is 277 g/mol. The molecule has 0 aliphatic carbocycles. The van der Waals surface area contributed by atoms with Crippen molar-refractivity contribution >= 4 is 17.4 Å². The lowest BCUT2D eigenvalue weighted by molar-refractivity contribution is -0.126. The number of hydrogen-bond donors (Lipinski definition) is 3. The van der Waals surface area contributed by atoms with E-state index in [1.54, 1.807) is 6.92 Å². The Morgan fingerprint density at radius 3 is 2.71 bits per heavy atom. The van der Waals surface area contributed by atoms with Gasteiger partial charge in [-0.1, -0.05) is 5.16 Å². The highest BCUT2D eigenvalue weighted by atomic mass is 19.1. The monoisotopic (exact) mass is 295 g/mol. The Labute approximate surface area is 121 Å². The van der Waals surface area contributed by atoms with Crippen molar-refractivity contribution in [3.8, 4) is 0 Å².